The maximum absolute atomic E-state index is 11.1. The van der Waals surface area contributed by atoms with Gasteiger partial charge < -0.3 is 14.2 Å². The van der Waals surface area contributed by atoms with Crippen molar-refractivity contribution >= 4 is 11.7 Å². The highest BCUT2D eigenvalue weighted by Gasteiger charge is 2.15. The van der Waals surface area contributed by atoms with Gasteiger partial charge in [-0.2, -0.15) is 0 Å². The Labute approximate surface area is 115 Å². The van der Waals surface area contributed by atoms with Crippen molar-refractivity contribution < 1.29 is 23.9 Å². The molecule has 0 unspecified atom stereocenters. The van der Waals surface area contributed by atoms with Gasteiger partial charge in [-0.1, -0.05) is 0 Å². The minimum Gasteiger partial charge on any atom is -0.490 e. The summed E-state index contributed by atoms with van der Waals surface area (Å²) in [5, 5.41) is 10.8. The van der Waals surface area contributed by atoms with Crippen LogP contribution in [0, 0.1) is 10.1 Å². The zero-order valence-electron chi connectivity index (χ0n) is 11.4. The first-order valence-electron chi connectivity index (χ1n) is 5.70. The summed E-state index contributed by atoms with van der Waals surface area (Å²) < 4.78 is 14.7. The number of esters is 1. The normalized spacial score (nSPS) is 10.8. The Morgan fingerprint density at radius 3 is 2.65 bits per heavy atom. The molecule has 0 spiro atoms. The second-order valence-electron chi connectivity index (χ2n) is 3.78. The van der Waals surface area contributed by atoms with Crippen molar-refractivity contribution in [3.63, 3.8) is 0 Å². The number of nitro benzene ring substituents is 1. The maximum atomic E-state index is 11.1. The van der Waals surface area contributed by atoms with Gasteiger partial charge >= 0.3 is 11.7 Å². The molecule has 0 aromatic heterocycles. The third-order valence-electron chi connectivity index (χ3n) is 2.49. The van der Waals surface area contributed by atoms with Gasteiger partial charge in [0.1, 0.15) is 12.4 Å². The van der Waals surface area contributed by atoms with E-state index in [9.17, 15) is 14.9 Å². The lowest BCUT2D eigenvalue weighted by atomic mass is 10.2. The summed E-state index contributed by atoms with van der Waals surface area (Å²) in [4.78, 5) is 21.4. The van der Waals surface area contributed by atoms with Gasteiger partial charge in [0.05, 0.1) is 25.2 Å². The summed E-state index contributed by atoms with van der Waals surface area (Å²) in [5.74, 6) is 0.0179. The third kappa shape index (κ3) is 3.98. The molecule has 108 valence electrons. The van der Waals surface area contributed by atoms with Crippen molar-refractivity contribution in [2.75, 3.05) is 20.8 Å². The molecular formula is C13H15NO6. The molecule has 0 atom stereocenters. The van der Waals surface area contributed by atoms with E-state index in [1.807, 2.05) is 0 Å². The lowest BCUT2D eigenvalue weighted by molar-refractivity contribution is -0.385. The van der Waals surface area contributed by atoms with Gasteiger partial charge in [0, 0.05) is 5.57 Å². The van der Waals surface area contributed by atoms with Crippen molar-refractivity contribution in [2.24, 2.45) is 0 Å². The molecule has 0 saturated heterocycles. The van der Waals surface area contributed by atoms with Crippen LogP contribution in [0.3, 0.4) is 0 Å². The van der Waals surface area contributed by atoms with E-state index < -0.39 is 10.9 Å². The molecule has 20 heavy (non-hydrogen) atoms. The molecule has 1 rings (SSSR count). The van der Waals surface area contributed by atoms with Crippen LogP contribution < -0.4 is 9.47 Å². The number of hydrogen-bond acceptors (Lipinski definition) is 6. The molecular weight excluding hydrogens is 266 g/mol. The molecule has 0 N–H and O–H groups in total. The first-order chi connectivity index (χ1) is 9.49. The van der Waals surface area contributed by atoms with Crippen molar-refractivity contribution in [2.45, 2.75) is 6.92 Å². The average molecular weight is 281 g/mol. The van der Waals surface area contributed by atoms with E-state index in [1.54, 1.807) is 13.0 Å². The molecule has 0 bridgehead atoms. The highest BCUT2D eigenvalue weighted by Crippen LogP contribution is 2.30. The zero-order chi connectivity index (χ0) is 15.1. The molecule has 0 radical (unpaired) electrons. The molecule has 1 aromatic rings. The summed E-state index contributed by atoms with van der Waals surface area (Å²) in [7, 11) is 2.64. The van der Waals surface area contributed by atoms with Gasteiger partial charge in [0.2, 0.25) is 0 Å². The minimum atomic E-state index is -0.554. The number of benzene rings is 1. The van der Waals surface area contributed by atoms with E-state index >= 15 is 0 Å². The molecule has 0 aliphatic heterocycles. The smallest absolute Gasteiger partial charge is 0.333 e. The fourth-order valence-corrected chi connectivity index (χ4v) is 1.41. The Hall–Kier alpha value is -2.57. The third-order valence-corrected chi connectivity index (χ3v) is 2.49. The standard InChI is InChI=1S/C13H15NO6/c1-9(13(15)19-3)6-7-20-10-4-5-12(18-2)11(8-10)14(16)17/h4-6,8H,7H2,1-3H3/b9-6+. The van der Waals surface area contributed by atoms with E-state index in [1.165, 1.54) is 32.4 Å². The molecule has 7 nitrogen and oxygen atoms in total. The van der Waals surface area contributed by atoms with E-state index in [0.717, 1.165) is 0 Å². The van der Waals surface area contributed by atoms with Crippen LogP contribution in [0.5, 0.6) is 11.5 Å². The van der Waals surface area contributed by atoms with Gasteiger partial charge in [-0.05, 0) is 25.1 Å². The minimum absolute atomic E-state index is 0.102. The van der Waals surface area contributed by atoms with Gasteiger partial charge in [0.15, 0.2) is 5.75 Å². The van der Waals surface area contributed by atoms with Gasteiger partial charge in [-0.25, -0.2) is 4.79 Å². The summed E-state index contributed by atoms with van der Waals surface area (Å²) in [5.41, 5.74) is 0.217. The van der Waals surface area contributed by atoms with E-state index in [4.69, 9.17) is 9.47 Å². The van der Waals surface area contributed by atoms with Crippen LogP contribution in [0.4, 0.5) is 5.69 Å². The van der Waals surface area contributed by atoms with Crippen LogP contribution in [0.2, 0.25) is 0 Å². The van der Waals surface area contributed by atoms with Crippen LogP contribution in [0.25, 0.3) is 0 Å². The highest BCUT2D eigenvalue weighted by molar-refractivity contribution is 5.87. The second kappa shape index (κ2) is 7.13. The molecule has 0 aliphatic carbocycles. The monoisotopic (exact) mass is 281 g/mol. The predicted molar refractivity (Wildman–Crippen MR) is 70.9 cm³/mol. The number of nitro groups is 1. The molecule has 0 aliphatic rings. The van der Waals surface area contributed by atoms with Crippen molar-refractivity contribution in [3.05, 3.63) is 40.0 Å². The predicted octanol–water partition coefficient (Wildman–Crippen LogP) is 2.10. The number of methoxy groups -OCH3 is 2. The number of rotatable bonds is 6. The number of hydrogen-bond donors (Lipinski definition) is 0. The Balaban J connectivity index is 2.77. The number of ether oxygens (including phenoxy) is 3. The van der Waals surface area contributed by atoms with Gasteiger partial charge in [0.25, 0.3) is 0 Å². The SMILES string of the molecule is COC(=O)/C(C)=C/COc1ccc(OC)c([N+](=O)[O-])c1. The van der Waals surface area contributed by atoms with E-state index in [0.29, 0.717) is 11.3 Å². The fourth-order valence-electron chi connectivity index (χ4n) is 1.41. The van der Waals surface area contributed by atoms with Gasteiger partial charge in [-0.3, -0.25) is 10.1 Å². The van der Waals surface area contributed by atoms with E-state index in [-0.39, 0.29) is 18.0 Å². The number of nitrogens with zero attached hydrogens (tertiary/aromatic N) is 1. The van der Waals surface area contributed by atoms with Crippen LogP contribution >= 0.6 is 0 Å². The van der Waals surface area contributed by atoms with Crippen molar-refractivity contribution in [1.29, 1.82) is 0 Å². The first-order valence-corrected chi connectivity index (χ1v) is 5.70. The largest absolute Gasteiger partial charge is 0.490 e. The summed E-state index contributed by atoms with van der Waals surface area (Å²) in [6.07, 6.45) is 1.53. The highest BCUT2D eigenvalue weighted by atomic mass is 16.6. The number of carbonyl (C=O) groups is 1. The van der Waals surface area contributed by atoms with Crippen molar-refractivity contribution in [1.82, 2.24) is 0 Å². The Kier molecular flexibility index (Phi) is 5.52. The average Bonchev–Trinajstić information content (AvgIpc) is 2.45. The Morgan fingerprint density at radius 2 is 2.10 bits per heavy atom. The van der Waals surface area contributed by atoms with Crippen LogP contribution in [0.15, 0.2) is 29.8 Å². The molecule has 1 aromatic carbocycles. The first kappa shape index (κ1) is 15.5. The topological polar surface area (TPSA) is 87.9 Å². The zero-order valence-corrected chi connectivity index (χ0v) is 11.4. The molecule has 0 saturated carbocycles. The lowest BCUT2D eigenvalue weighted by Crippen LogP contribution is -2.04. The molecule has 7 heteroatoms. The summed E-state index contributed by atoms with van der Waals surface area (Å²) in [6, 6.07) is 4.26. The molecule has 0 heterocycles. The Morgan fingerprint density at radius 1 is 1.40 bits per heavy atom. The number of carbonyl (C=O) groups excluding carboxylic acids is 1. The van der Waals surface area contributed by atoms with Gasteiger partial charge in [-0.15, -0.1) is 0 Å². The second-order valence-corrected chi connectivity index (χ2v) is 3.78. The van der Waals surface area contributed by atoms with Crippen LogP contribution in [-0.4, -0.2) is 31.7 Å². The van der Waals surface area contributed by atoms with Crippen LogP contribution in [0.1, 0.15) is 6.92 Å². The summed E-state index contributed by atoms with van der Waals surface area (Å²) in [6.45, 7) is 1.69. The van der Waals surface area contributed by atoms with E-state index in [2.05, 4.69) is 4.74 Å². The molecule has 0 fully saturated rings. The quantitative estimate of drug-likeness (QED) is 0.343. The fraction of sp³-hybridized carbons (Fsp3) is 0.308. The maximum Gasteiger partial charge on any atom is 0.333 e. The lowest BCUT2D eigenvalue weighted by Gasteiger charge is -2.06. The van der Waals surface area contributed by atoms with Crippen molar-refractivity contribution in [3.8, 4) is 11.5 Å². The van der Waals surface area contributed by atoms with Crippen LogP contribution in [-0.2, 0) is 9.53 Å². The molecule has 0 amide bonds. The Bertz CT molecular complexity index is 538. The summed E-state index contributed by atoms with van der Waals surface area (Å²) >= 11 is 0.